The summed E-state index contributed by atoms with van der Waals surface area (Å²) in [6.07, 6.45) is 1.40. The molecular weight excluding hydrogens is 208 g/mol. The first-order valence-corrected chi connectivity index (χ1v) is 6.03. The van der Waals surface area contributed by atoms with Crippen LogP contribution in [0.4, 0.5) is 0 Å². The molecule has 0 unspecified atom stereocenters. The molecular formula is C12H16O2S. The molecule has 1 rings (SSSR count). The van der Waals surface area contributed by atoms with E-state index in [4.69, 9.17) is 4.74 Å². The maximum atomic E-state index is 11.3. The third kappa shape index (κ3) is 4.38. The molecule has 0 fully saturated rings. The van der Waals surface area contributed by atoms with Crippen LogP contribution in [0.2, 0.25) is 0 Å². The quantitative estimate of drug-likeness (QED) is 0.769. The lowest BCUT2D eigenvalue weighted by molar-refractivity contribution is -0.110. The molecule has 0 aromatic heterocycles. The fourth-order valence-electron chi connectivity index (χ4n) is 1.31. The maximum absolute atomic E-state index is 11.3. The first kappa shape index (κ1) is 12.1. The second-order valence-electron chi connectivity index (χ2n) is 3.16. The predicted molar refractivity (Wildman–Crippen MR) is 64.5 cm³/mol. The van der Waals surface area contributed by atoms with E-state index in [0.717, 1.165) is 23.5 Å². The number of thioether (sulfide) groups is 1. The van der Waals surface area contributed by atoms with E-state index >= 15 is 0 Å². The van der Waals surface area contributed by atoms with Gasteiger partial charge in [-0.25, -0.2) is 0 Å². The summed E-state index contributed by atoms with van der Waals surface area (Å²) in [7, 11) is 1.65. The molecule has 1 aromatic carbocycles. The van der Waals surface area contributed by atoms with E-state index in [2.05, 4.69) is 0 Å². The van der Waals surface area contributed by atoms with E-state index in [1.54, 1.807) is 7.11 Å². The van der Waals surface area contributed by atoms with Crippen LogP contribution < -0.4 is 4.74 Å². The third-order valence-corrected chi connectivity index (χ3v) is 2.87. The molecule has 0 aliphatic carbocycles. The van der Waals surface area contributed by atoms with Crippen LogP contribution in [0, 0.1) is 0 Å². The van der Waals surface area contributed by atoms with Gasteiger partial charge in [-0.15, -0.1) is 0 Å². The van der Waals surface area contributed by atoms with Gasteiger partial charge in [0.2, 0.25) is 0 Å². The van der Waals surface area contributed by atoms with E-state index in [0.29, 0.717) is 6.42 Å². The molecule has 0 spiro atoms. The summed E-state index contributed by atoms with van der Waals surface area (Å²) in [6.45, 7) is 1.99. The molecule has 0 N–H and O–H groups in total. The van der Waals surface area contributed by atoms with Crippen molar-refractivity contribution in [3.8, 4) is 5.75 Å². The minimum atomic E-state index is 0.264. The molecule has 0 saturated carbocycles. The Kier molecular flexibility index (Phi) is 5.26. The third-order valence-electron chi connectivity index (χ3n) is 2.06. The van der Waals surface area contributed by atoms with Crippen LogP contribution in [0.25, 0.3) is 0 Å². The topological polar surface area (TPSA) is 26.3 Å². The van der Waals surface area contributed by atoms with Crippen LogP contribution >= 0.6 is 11.8 Å². The van der Waals surface area contributed by atoms with Gasteiger partial charge in [0, 0.05) is 6.42 Å². The normalized spacial score (nSPS) is 10.0. The highest BCUT2D eigenvalue weighted by Crippen LogP contribution is 2.15. The summed E-state index contributed by atoms with van der Waals surface area (Å²) in [5.74, 6) is 1.71. The summed E-state index contributed by atoms with van der Waals surface area (Å²) in [4.78, 5) is 11.3. The summed E-state index contributed by atoms with van der Waals surface area (Å²) in [5.41, 5.74) is 1.15. The van der Waals surface area contributed by atoms with Gasteiger partial charge < -0.3 is 4.74 Å². The standard InChI is InChI=1S/C12H16O2S/c1-3-15-12(13)8-7-10-5-4-6-11(9-10)14-2/h4-6,9H,3,7-8H2,1-2H3. The molecule has 0 atom stereocenters. The molecule has 0 aliphatic rings. The Hall–Kier alpha value is -0.960. The molecule has 0 saturated heterocycles. The van der Waals surface area contributed by atoms with Crippen molar-refractivity contribution in [3.05, 3.63) is 29.8 Å². The van der Waals surface area contributed by atoms with Gasteiger partial charge in [-0.1, -0.05) is 30.8 Å². The summed E-state index contributed by atoms with van der Waals surface area (Å²) >= 11 is 1.39. The zero-order valence-electron chi connectivity index (χ0n) is 9.16. The van der Waals surface area contributed by atoms with Gasteiger partial charge in [-0.3, -0.25) is 4.79 Å². The van der Waals surface area contributed by atoms with Gasteiger partial charge in [-0.05, 0) is 29.9 Å². The molecule has 0 aliphatic heterocycles. The van der Waals surface area contributed by atoms with Crippen LogP contribution in [0.5, 0.6) is 5.75 Å². The number of rotatable bonds is 5. The zero-order valence-corrected chi connectivity index (χ0v) is 9.97. The van der Waals surface area contributed by atoms with Crippen LogP contribution in [0.15, 0.2) is 24.3 Å². The van der Waals surface area contributed by atoms with Gasteiger partial charge in [-0.2, -0.15) is 0 Å². The summed E-state index contributed by atoms with van der Waals surface area (Å²) < 4.78 is 5.12. The molecule has 3 heteroatoms. The fourth-order valence-corrected chi connectivity index (χ4v) is 1.88. The highest BCUT2D eigenvalue weighted by Gasteiger charge is 2.02. The second kappa shape index (κ2) is 6.51. The predicted octanol–water partition coefficient (Wildman–Crippen LogP) is 2.91. The van der Waals surface area contributed by atoms with E-state index in [1.807, 2.05) is 31.2 Å². The highest BCUT2D eigenvalue weighted by atomic mass is 32.2. The van der Waals surface area contributed by atoms with Gasteiger partial charge in [0.1, 0.15) is 5.75 Å². The minimum absolute atomic E-state index is 0.264. The number of carbonyl (C=O) groups excluding carboxylic acids is 1. The first-order valence-electron chi connectivity index (χ1n) is 5.04. The highest BCUT2D eigenvalue weighted by molar-refractivity contribution is 8.13. The van der Waals surface area contributed by atoms with Crippen molar-refractivity contribution in [2.45, 2.75) is 19.8 Å². The van der Waals surface area contributed by atoms with Gasteiger partial charge in [0.05, 0.1) is 7.11 Å². The Morgan fingerprint density at radius 2 is 2.27 bits per heavy atom. The van der Waals surface area contributed by atoms with Crippen molar-refractivity contribution in [2.75, 3.05) is 12.9 Å². The number of methoxy groups -OCH3 is 1. The molecule has 0 bridgehead atoms. The number of hydrogen-bond donors (Lipinski definition) is 0. The number of hydrogen-bond acceptors (Lipinski definition) is 3. The largest absolute Gasteiger partial charge is 0.497 e. The molecule has 1 aromatic rings. The number of aryl methyl sites for hydroxylation is 1. The summed E-state index contributed by atoms with van der Waals surface area (Å²) in [6, 6.07) is 7.86. The van der Waals surface area contributed by atoms with Crippen LogP contribution in [0.3, 0.4) is 0 Å². The SMILES string of the molecule is CCSC(=O)CCc1cccc(OC)c1. The Morgan fingerprint density at radius 3 is 2.93 bits per heavy atom. The van der Waals surface area contributed by atoms with Gasteiger partial charge in [0.25, 0.3) is 0 Å². The molecule has 2 nitrogen and oxygen atoms in total. The van der Waals surface area contributed by atoms with Crippen molar-refractivity contribution < 1.29 is 9.53 Å². The Labute approximate surface area is 95.0 Å². The Morgan fingerprint density at radius 1 is 1.47 bits per heavy atom. The van der Waals surface area contributed by atoms with Crippen LogP contribution in [0.1, 0.15) is 18.9 Å². The van der Waals surface area contributed by atoms with Crippen molar-refractivity contribution >= 4 is 16.9 Å². The van der Waals surface area contributed by atoms with Gasteiger partial charge >= 0.3 is 0 Å². The Balaban J connectivity index is 2.46. The van der Waals surface area contributed by atoms with E-state index in [-0.39, 0.29) is 5.12 Å². The van der Waals surface area contributed by atoms with Crippen LogP contribution in [-0.4, -0.2) is 18.0 Å². The van der Waals surface area contributed by atoms with Crippen molar-refractivity contribution in [1.82, 2.24) is 0 Å². The second-order valence-corrected chi connectivity index (χ2v) is 4.48. The number of benzene rings is 1. The van der Waals surface area contributed by atoms with E-state index in [1.165, 1.54) is 11.8 Å². The van der Waals surface area contributed by atoms with E-state index < -0.39 is 0 Å². The summed E-state index contributed by atoms with van der Waals surface area (Å²) in [5, 5.41) is 0.264. The number of carbonyl (C=O) groups is 1. The van der Waals surface area contributed by atoms with Gasteiger partial charge in [0.15, 0.2) is 5.12 Å². The zero-order chi connectivity index (χ0) is 11.1. The van der Waals surface area contributed by atoms with Crippen molar-refractivity contribution in [1.29, 1.82) is 0 Å². The molecule has 0 radical (unpaired) electrons. The molecule has 0 heterocycles. The lowest BCUT2D eigenvalue weighted by Crippen LogP contribution is -1.96. The van der Waals surface area contributed by atoms with Crippen LogP contribution in [-0.2, 0) is 11.2 Å². The Bertz CT molecular complexity index is 323. The average Bonchev–Trinajstić information content (AvgIpc) is 2.27. The van der Waals surface area contributed by atoms with E-state index in [9.17, 15) is 4.79 Å². The number of ether oxygens (including phenoxy) is 1. The van der Waals surface area contributed by atoms with Crippen molar-refractivity contribution in [3.63, 3.8) is 0 Å². The van der Waals surface area contributed by atoms with Crippen molar-refractivity contribution in [2.24, 2.45) is 0 Å². The maximum Gasteiger partial charge on any atom is 0.189 e. The fraction of sp³-hybridized carbons (Fsp3) is 0.417. The monoisotopic (exact) mass is 224 g/mol. The lowest BCUT2D eigenvalue weighted by Gasteiger charge is -2.03. The molecule has 0 amide bonds. The average molecular weight is 224 g/mol. The molecule has 82 valence electrons. The lowest BCUT2D eigenvalue weighted by atomic mass is 10.1. The first-order chi connectivity index (χ1) is 7.26. The smallest absolute Gasteiger partial charge is 0.189 e. The minimum Gasteiger partial charge on any atom is -0.497 e. The molecule has 15 heavy (non-hydrogen) atoms.